The zero-order valence-electron chi connectivity index (χ0n) is 10.6. The summed E-state index contributed by atoms with van der Waals surface area (Å²) in [6, 6.07) is -0.850. The molecule has 0 aromatic heterocycles. The van der Waals surface area contributed by atoms with Crippen LogP contribution >= 0.6 is 23.5 Å². The molecule has 1 aliphatic carbocycles. The third-order valence-corrected chi connectivity index (χ3v) is 6.34. The lowest BCUT2D eigenvalue weighted by Crippen LogP contribution is -2.56. The number of carboxylic acid groups (broad SMARTS) is 1. The fourth-order valence-corrected chi connectivity index (χ4v) is 5.21. The van der Waals surface area contributed by atoms with Crippen molar-refractivity contribution in [1.29, 1.82) is 0 Å². The molecule has 2 aliphatic heterocycles. The maximum absolute atomic E-state index is 12.6. The Morgan fingerprint density at radius 3 is 2.63 bits per heavy atom. The molecule has 5 nitrogen and oxygen atoms in total. The minimum absolute atomic E-state index is 0.0125. The molecule has 0 aromatic carbocycles. The number of rotatable bonds is 3. The molecule has 3 rings (SSSR count). The van der Waals surface area contributed by atoms with Crippen molar-refractivity contribution in [1.82, 2.24) is 10.2 Å². The lowest BCUT2D eigenvalue weighted by molar-refractivity contribution is -0.150. The molecule has 0 radical (unpaired) electrons. The van der Waals surface area contributed by atoms with Crippen molar-refractivity contribution < 1.29 is 14.7 Å². The van der Waals surface area contributed by atoms with Gasteiger partial charge in [0.15, 0.2) is 0 Å². The van der Waals surface area contributed by atoms with Crippen molar-refractivity contribution in [2.75, 3.05) is 23.8 Å². The number of hydrogen-bond donors (Lipinski definition) is 2. The maximum Gasteiger partial charge on any atom is 0.327 e. The molecule has 2 saturated heterocycles. The van der Waals surface area contributed by atoms with Gasteiger partial charge in [-0.3, -0.25) is 4.79 Å². The quantitative estimate of drug-likeness (QED) is 0.789. The summed E-state index contributed by atoms with van der Waals surface area (Å²) in [5, 5.41) is 12.6. The van der Waals surface area contributed by atoms with E-state index in [0.29, 0.717) is 11.7 Å². The second kappa shape index (κ2) is 5.54. The number of nitrogens with one attached hydrogen (secondary N) is 1. The van der Waals surface area contributed by atoms with Gasteiger partial charge in [-0.1, -0.05) is 0 Å². The minimum Gasteiger partial charge on any atom is -0.480 e. The van der Waals surface area contributed by atoms with Crippen LogP contribution in [0.3, 0.4) is 0 Å². The fourth-order valence-electron chi connectivity index (χ4n) is 2.65. The van der Waals surface area contributed by atoms with Crippen molar-refractivity contribution in [3.63, 3.8) is 0 Å². The first-order chi connectivity index (χ1) is 9.18. The average molecular weight is 302 g/mol. The Balaban J connectivity index is 1.76. The van der Waals surface area contributed by atoms with Crippen molar-refractivity contribution >= 4 is 35.4 Å². The molecule has 2 heterocycles. The first kappa shape index (κ1) is 13.6. The molecule has 106 valence electrons. The van der Waals surface area contributed by atoms with E-state index in [1.807, 2.05) is 0 Å². The number of nitrogens with zero attached hydrogens (tertiary/aromatic N) is 1. The van der Waals surface area contributed by atoms with Crippen LogP contribution in [0.15, 0.2) is 0 Å². The predicted octanol–water partition coefficient (Wildman–Crippen LogP) is 0.456. The third-order valence-electron chi connectivity index (χ3n) is 3.82. The van der Waals surface area contributed by atoms with Crippen molar-refractivity contribution in [2.45, 2.75) is 30.3 Å². The third kappa shape index (κ3) is 2.73. The molecule has 19 heavy (non-hydrogen) atoms. The van der Waals surface area contributed by atoms with E-state index in [4.69, 9.17) is 0 Å². The van der Waals surface area contributed by atoms with Crippen LogP contribution in [0.4, 0.5) is 0 Å². The van der Waals surface area contributed by atoms with E-state index < -0.39 is 12.0 Å². The van der Waals surface area contributed by atoms with E-state index in [0.717, 1.165) is 30.9 Å². The van der Waals surface area contributed by atoms with E-state index in [2.05, 4.69) is 5.32 Å². The molecule has 3 unspecified atom stereocenters. The van der Waals surface area contributed by atoms with E-state index in [1.54, 1.807) is 28.4 Å². The number of carboxylic acids is 1. The Morgan fingerprint density at radius 2 is 2.05 bits per heavy atom. The summed E-state index contributed by atoms with van der Waals surface area (Å²) < 4.78 is 0. The number of thioether (sulfide) groups is 2. The molecular weight excluding hydrogens is 284 g/mol. The molecule has 3 aliphatic rings. The smallest absolute Gasteiger partial charge is 0.327 e. The van der Waals surface area contributed by atoms with Gasteiger partial charge < -0.3 is 15.3 Å². The normalized spacial score (nSPS) is 35.4. The van der Waals surface area contributed by atoms with Crippen LogP contribution in [-0.2, 0) is 9.59 Å². The molecule has 0 aromatic rings. The second-order valence-corrected chi connectivity index (χ2v) is 7.54. The highest BCUT2D eigenvalue weighted by atomic mass is 32.2. The lowest BCUT2D eigenvalue weighted by Gasteiger charge is -2.32. The van der Waals surface area contributed by atoms with Crippen molar-refractivity contribution in [2.24, 2.45) is 5.92 Å². The average Bonchev–Trinajstić information content (AvgIpc) is 3.17. The SMILES string of the molecule is O=C(O)C1CSC(C2CC2)N1C(=O)C1CSCCN1. The van der Waals surface area contributed by atoms with Gasteiger partial charge in [-0.15, -0.1) is 11.8 Å². The first-order valence-corrected chi connectivity index (χ1v) is 8.86. The first-order valence-electron chi connectivity index (χ1n) is 6.66. The molecular formula is C12H18N2O3S2. The molecule has 1 saturated carbocycles. The van der Waals surface area contributed by atoms with E-state index >= 15 is 0 Å². The number of hydrogen-bond acceptors (Lipinski definition) is 5. The molecule has 2 N–H and O–H groups in total. The number of carbonyl (C=O) groups excluding carboxylic acids is 1. The van der Waals surface area contributed by atoms with E-state index in [9.17, 15) is 14.7 Å². The summed E-state index contributed by atoms with van der Waals surface area (Å²) in [6.07, 6.45) is 2.25. The van der Waals surface area contributed by atoms with Crippen LogP contribution in [-0.4, -0.2) is 63.1 Å². The van der Waals surface area contributed by atoms with Crippen LogP contribution in [0.2, 0.25) is 0 Å². The predicted molar refractivity (Wildman–Crippen MR) is 76.4 cm³/mol. The number of carbonyl (C=O) groups is 2. The van der Waals surface area contributed by atoms with Gasteiger partial charge in [0.25, 0.3) is 0 Å². The molecule has 3 atom stereocenters. The Hall–Kier alpha value is -0.400. The Labute approximate surface area is 120 Å². The number of amides is 1. The van der Waals surface area contributed by atoms with Crippen molar-refractivity contribution in [3.05, 3.63) is 0 Å². The molecule has 0 spiro atoms. The largest absolute Gasteiger partial charge is 0.480 e. The van der Waals surface area contributed by atoms with Gasteiger partial charge in [0.1, 0.15) is 6.04 Å². The number of aliphatic carboxylic acids is 1. The Kier molecular flexibility index (Phi) is 3.96. The summed E-state index contributed by atoms with van der Waals surface area (Å²) in [5.41, 5.74) is 0. The van der Waals surface area contributed by atoms with Crippen molar-refractivity contribution in [3.8, 4) is 0 Å². The summed E-state index contributed by atoms with van der Waals surface area (Å²) in [6.45, 7) is 0.827. The molecule has 3 fully saturated rings. The molecule has 7 heteroatoms. The van der Waals surface area contributed by atoms with Crippen LogP contribution in [0.1, 0.15) is 12.8 Å². The van der Waals surface area contributed by atoms with Gasteiger partial charge >= 0.3 is 5.97 Å². The standard InChI is InChI=1S/C12H18N2O3S2/c15-10(8-5-18-4-3-13-8)14-9(12(16)17)6-19-11(14)7-1-2-7/h7-9,11,13H,1-6H2,(H,16,17). The van der Waals surface area contributed by atoms with Gasteiger partial charge in [-0.25, -0.2) is 4.79 Å². The fraction of sp³-hybridized carbons (Fsp3) is 0.833. The summed E-state index contributed by atoms with van der Waals surface area (Å²) in [4.78, 5) is 25.6. The summed E-state index contributed by atoms with van der Waals surface area (Å²) in [5.74, 6) is 1.93. The van der Waals surface area contributed by atoms with Crippen LogP contribution in [0.5, 0.6) is 0 Å². The van der Waals surface area contributed by atoms with Gasteiger partial charge in [0.2, 0.25) is 5.91 Å². The second-order valence-electron chi connectivity index (χ2n) is 5.24. The monoisotopic (exact) mass is 302 g/mol. The topological polar surface area (TPSA) is 69.6 Å². The van der Waals surface area contributed by atoms with Gasteiger partial charge in [-0.2, -0.15) is 11.8 Å². The van der Waals surface area contributed by atoms with Crippen LogP contribution in [0.25, 0.3) is 0 Å². The zero-order chi connectivity index (χ0) is 13.4. The van der Waals surface area contributed by atoms with E-state index in [1.165, 1.54) is 0 Å². The Morgan fingerprint density at radius 1 is 1.26 bits per heavy atom. The Bertz CT molecular complexity index is 383. The van der Waals surface area contributed by atoms with Gasteiger partial charge in [0, 0.05) is 23.8 Å². The van der Waals surface area contributed by atoms with Gasteiger partial charge in [-0.05, 0) is 18.8 Å². The maximum atomic E-state index is 12.6. The highest BCUT2D eigenvalue weighted by Crippen LogP contribution is 2.45. The van der Waals surface area contributed by atoms with Crippen LogP contribution < -0.4 is 5.32 Å². The highest BCUT2D eigenvalue weighted by molar-refractivity contribution is 8.00. The minimum atomic E-state index is -0.868. The van der Waals surface area contributed by atoms with Gasteiger partial charge in [0.05, 0.1) is 11.4 Å². The molecule has 1 amide bonds. The lowest BCUT2D eigenvalue weighted by atomic mass is 10.2. The van der Waals surface area contributed by atoms with E-state index in [-0.39, 0.29) is 17.3 Å². The summed E-state index contributed by atoms with van der Waals surface area (Å²) in [7, 11) is 0. The summed E-state index contributed by atoms with van der Waals surface area (Å²) >= 11 is 3.40. The molecule has 0 bridgehead atoms. The highest BCUT2D eigenvalue weighted by Gasteiger charge is 2.49. The van der Waals surface area contributed by atoms with Crippen LogP contribution in [0, 0.1) is 5.92 Å². The zero-order valence-corrected chi connectivity index (χ0v) is 12.2.